The van der Waals surface area contributed by atoms with E-state index < -0.39 is 0 Å². The fourth-order valence-electron chi connectivity index (χ4n) is 3.05. The summed E-state index contributed by atoms with van der Waals surface area (Å²) in [5, 5.41) is 11.4. The van der Waals surface area contributed by atoms with Gasteiger partial charge in [0.15, 0.2) is 0 Å². The van der Waals surface area contributed by atoms with Gasteiger partial charge in [0, 0.05) is 14.7 Å². The van der Waals surface area contributed by atoms with Crippen LogP contribution < -0.4 is 0 Å². The summed E-state index contributed by atoms with van der Waals surface area (Å²) in [4.78, 5) is 18.1. The van der Waals surface area contributed by atoms with E-state index in [0.717, 1.165) is 20.4 Å². The minimum Gasteiger partial charge on any atom is -0.467 e. The second-order valence-corrected chi connectivity index (χ2v) is 8.64. The molecule has 4 aromatic rings. The van der Waals surface area contributed by atoms with Crippen molar-refractivity contribution in [3.05, 3.63) is 106 Å². The number of hydrogen-bond acceptors (Lipinski definition) is 5. The first-order valence-electron chi connectivity index (χ1n) is 9.34. The number of carbonyl (C=O) groups is 1. The van der Waals surface area contributed by atoms with Crippen LogP contribution in [0.3, 0.4) is 0 Å². The molecule has 0 fully saturated rings. The quantitative estimate of drug-likeness (QED) is 0.350. The average Bonchev–Trinajstić information content (AvgIpc) is 3.48. The van der Waals surface area contributed by atoms with E-state index in [1.807, 2.05) is 72.1 Å². The lowest BCUT2D eigenvalue weighted by Crippen LogP contribution is -2.30. The third-order valence-corrected chi connectivity index (χ3v) is 6.50. The molecule has 2 aromatic heterocycles. The molecule has 6 heteroatoms. The van der Waals surface area contributed by atoms with Crippen molar-refractivity contribution in [1.29, 1.82) is 5.26 Å². The Labute approximate surface area is 183 Å². The molecule has 30 heavy (non-hydrogen) atoms. The van der Waals surface area contributed by atoms with Crippen molar-refractivity contribution in [1.82, 2.24) is 4.90 Å². The number of nitriles is 1. The van der Waals surface area contributed by atoms with Gasteiger partial charge in [-0.15, -0.1) is 11.3 Å². The third-order valence-electron chi connectivity index (χ3n) is 4.49. The van der Waals surface area contributed by atoms with Crippen LogP contribution in [0.15, 0.2) is 98.6 Å². The maximum Gasteiger partial charge on any atom is 0.255 e. The molecule has 4 nitrogen and oxygen atoms in total. The topological polar surface area (TPSA) is 57.2 Å². The second kappa shape index (κ2) is 9.49. The summed E-state index contributed by atoms with van der Waals surface area (Å²) in [6, 6.07) is 24.9. The van der Waals surface area contributed by atoms with E-state index >= 15 is 0 Å². The van der Waals surface area contributed by atoms with Gasteiger partial charge in [0.05, 0.1) is 30.5 Å². The summed E-state index contributed by atoms with van der Waals surface area (Å²) < 4.78 is 5.49. The molecule has 0 saturated heterocycles. The Hall–Kier alpha value is -3.27. The van der Waals surface area contributed by atoms with Gasteiger partial charge in [-0.1, -0.05) is 42.1 Å². The SMILES string of the molecule is N#Cc1ccccc1Sc1ccccc1C(=O)N(Cc1ccco1)Cc1cccs1. The smallest absolute Gasteiger partial charge is 0.255 e. The minimum absolute atomic E-state index is 0.0719. The zero-order valence-electron chi connectivity index (χ0n) is 16.0. The molecule has 0 aliphatic rings. The van der Waals surface area contributed by atoms with Gasteiger partial charge in [-0.2, -0.15) is 5.26 Å². The largest absolute Gasteiger partial charge is 0.467 e. The third kappa shape index (κ3) is 4.65. The van der Waals surface area contributed by atoms with Gasteiger partial charge in [0.2, 0.25) is 0 Å². The molecule has 148 valence electrons. The van der Waals surface area contributed by atoms with E-state index in [4.69, 9.17) is 4.42 Å². The Morgan fingerprint density at radius 3 is 2.50 bits per heavy atom. The van der Waals surface area contributed by atoms with E-state index in [0.29, 0.717) is 24.2 Å². The van der Waals surface area contributed by atoms with Crippen molar-refractivity contribution in [2.24, 2.45) is 0 Å². The fraction of sp³-hybridized carbons (Fsp3) is 0.0833. The Bertz CT molecular complexity index is 1130. The van der Waals surface area contributed by atoms with Gasteiger partial charge in [-0.05, 0) is 47.8 Å². The molecule has 0 aliphatic carbocycles. The van der Waals surface area contributed by atoms with Gasteiger partial charge in [0.1, 0.15) is 11.8 Å². The first kappa shape index (κ1) is 20.0. The molecule has 2 aromatic carbocycles. The van der Waals surface area contributed by atoms with Crippen LogP contribution in [0.25, 0.3) is 0 Å². The summed E-state index contributed by atoms with van der Waals surface area (Å²) in [6.45, 7) is 0.891. The Balaban J connectivity index is 1.65. The van der Waals surface area contributed by atoms with Crippen molar-refractivity contribution in [2.75, 3.05) is 0 Å². The number of nitrogens with zero attached hydrogens (tertiary/aromatic N) is 2. The Morgan fingerprint density at radius 1 is 0.967 bits per heavy atom. The Morgan fingerprint density at radius 2 is 1.77 bits per heavy atom. The molecule has 0 N–H and O–H groups in total. The number of amides is 1. The number of thiophene rings is 1. The number of furan rings is 1. The van der Waals surface area contributed by atoms with Crippen LogP contribution in [0.5, 0.6) is 0 Å². The average molecular weight is 431 g/mol. The molecule has 0 bridgehead atoms. The first-order valence-corrected chi connectivity index (χ1v) is 11.0. The van der Waals surface area contributed by atoms with Crippen LogP contribution in [0.1, 0.15) is 26.6 Å². The van der Waals surface area contributed by atoms with Gasteiger partial charge in [0.25, 0.3) is 5.91 Å². The number of benzene rings is 2. The van der Waals surface area contributed by atoms with E-state index in [1.54, 1.807) is 28.6 Å². The van der Waals surface area contributed by atoms with E-state index in [1.165, 1.54) is 11.8 Å². The zero-order valence-corrected chi connectivity index (χ0v) is 17.7. The monoisotopic (exact) mass is 430 g/mol. The predicted octanol–water partition coefficient (Wildman–Crippen LogP) is 6.21. The molecule has 0 saturated carbocycles. The lowest BCUT2D eigenvalue weighted by atomic mass is 10.2. The molecular weight excluding hydrogens is 412 g/mol. The fourth-order valence-corrected chi connectivity index (χ4v) is 4.79. The second-order valence-electron chi connectivity index (χ2n) is 6.53. The first-order chi connectivity index (χ1) is 14.7. The highest BCUT2D eigenvalue weighted by molar-refractivity contribution is 7.99. The molecule has 0 radical (unpaired) electrons. The number of carbonyl (C=O) groups excluding carboxylic acids is 1. The summed E-state index contributed by atoms with van der Waals surface area (Å²) >= 11 is 3.06. The van der Waals surface area contributed by atoms with Crippen LogP contribution >= 0.6 is 23.1 Å². The van der Waals surface area contributed by atoms with E-state index in [-0.39, 0.29) is 5.91 Å². The number of rotatable bonds is 7. The van der Waals surface area contributed by atoms with Crippen LogP contribution in [0, 0.1) is 11.3 Å². The summed E-state index contributed by atoms with van der Waals surface area (Å²) in [5.74, 6) is 0.664. The van der Waals surface area contributed by atoms with E-state index in [2.05, 4.69) is 6.07 Å². The lowest BCUT2D eigenvalue weighted by molar-refractivity contribution is 0.0716. The van der Waals surface area contributed by atoms with Crippen molar-refractivity contribution in [3.8, 4) is 6.07 Å². The molecule has 4 rings (SSSR count). The van der Waals surface area contributed by atoms with Crippen LogP contribution in [-0.2, 0) is 13.1 Å². The van der Waals surface area contributed by atoms with Gasteiger partial charge in [-0.3, -0.25) is 4.79 Å². The zero-order chi connectivity index (χ0) is 20.8. The highest BCUT2D eigenvalue weighted by Gasteiger charge is 2.21. The normalized spacial score (nSPS) is 10.5. The standard InChI is InChI=1S/C24H18N2O2S2/c25-15-18-7-1-3-11-22(18)30-23-12-4-2-10-21(23)24(27)26(16-19-8-5-13-28-19)17-20-9-6-14-29-20/h1-14H,16-17H2. The molecule has 2 heterocycles. The summed E-state index contributed by atoms with van der Waals surface area (Å²) in [7, 11) is 0. The molecule has 0 aliphatic heterocycles. The summed E-state index contributed by atoms with van der Waals surface area (Å²) in [6.07, 6.45) is 1.62. The maximum absolute atomic E-state index is 13.6. The van der Waals surface area contributed by atoms with Crippen molar-refractivity contribution < 1.29 is 9.21 Å². The van der Waals surface area contributed by atoms with Crippen molar-refractivity contribution in [2.45, 2.75) is 22.9 Å². The molecule has 1 amide bonds. The van der Waals surface area contributed by atoms with Crippen molar-refractivity contribution in [3.63, 3.8) is 0 Å². The summed E-state index contributed by atoms with van der Waals surface area (Å²) in [5.41, 5.74) is 1.20. The highest BCUT2D eigenvalue weighted by Crippen LogP contribution is 2.33. The lowest BCUT2D eigenvalue weighted by Gasteiger charge is -2.22. The van der Waals surface area contributed by atoms with Crippen molar-refractivity contribution >= 4 is 29.0 Å². The van der Waals surface area contributed by atoms with Crippen LogP contribution in [0.2, 0.25) is 0 Å². The number of hydrogen-bond donors (Lipinski definition) is 0. The predicted molar refractivity (Wildman–Crippen MR) is 118 cm³/mol. The molecule has 0 atom stereocenters. The maximum atomic E-state index is 13.6. The molecular formula is C24H18N2O2S2. The highest BCUT2D eigenvalue weighted by atomic mass is 32.2. The van der Waals surface area contributed by atoms with Gasteiger partial charge in [-0.25, -0.2) is 0 Å². The minimum atomic E-state index is -0.0719. The molecule has 0 spiro atoms. The van der Waals surface area contributed by atoms with Crippen LogP contribution in [-0.4, -0.2) is 10.8 Å². The molecule has 0 unspecified atom stereocenters. The van der Waals surface area contributed by atoms with Gasteiger partial charge < -0.3 is 9.32 Å². The Kier molecular flexibility index (Phi) is 6.33. The van der Waals surface area contributed by atoms with Crippen LogP contribution in [0.4, 0.5) is 0 Å². The van der Waals surface area contributed by atoms with E-state index in [9.17, 15) is 10.1 Å². The van der Waals surface area contributed by atoms with Gasteiger partial charge >= 0.3 is 0 Å².